The van der Waals surface area contributed by atoms with Crippen LogP contribution < -0.4 is 5.32 Å². The number of carbonyl (C=O) groups excluding carboxylic acids is 1. The van der Waals surface area contributed by atoms with E-state index in [2.05, 4.69) is 10.3 Å². The second-order valence-electron chi connectivity index (χ2n) is 4.26. The van der Waals surface area contributed by atoms with Gasteiger partial charge in [-0.3, -0.25) is 4.79 Å². The third-order valence-electron chi connectivity index (χ3n) is 2.66. The summed E-state index contributed by atoms with van der Waals surface area (Å²) in [6.45, 7) is 3.71. The van der Waals surface area contributed by atoms with Crippen molar-refractivity contribution in [2.45, 2.75) is 13.8 Å². The van der Waals surface area contributed by atoms with E-state index in [0.717, 1.165) is 11.1 Å². The Morgan fingerprint density at radius 1 is 1.21 bits per heavy atom. The molecule has 0 atom stereocenters. The van der Waals surface area contributed by atoms with E-state index in [-0.39, 0.29) is 11.1 Å². The van der Waals surface area contributed by atoms with Gasteiger partial charge in [-0.05, 0) is 49.2 Å². The molecule has 0 aliphatic rings. The van der Waals surface area contributed by atoms with Crippen LogP contribution in [0.4, 0.5) is 5.69 Å². The molecule has 1 amide bonds. The molecule has 1 aromatic carbocycles. The summed E-state index contributed by atoms with van der Waals surface area (Å²) in [4.78, 5) is 16.2. The maximum atomic E-state index is 12.2. The molecule has 98 valence electrons. The number of aryl methyl sites for hydroxylation is 2. The SMILES string of the molecule is Cc1cnc(Cl)c(NC(=O)c2ccc(Cl)cc2C)c1. The molecule has 0 saturated heterocycles. The number of anilines is 1. The normalized spacial score (nSPS) is 10.3. The number of aromatic nitrogens is 1. The number of hydrogen-bond donors (Lipinski definition) is 1. The third-order valence-corrected chi connectivity index (χ3v) is 3.19. The van der Waals surface area contributed by atoms with Crippen molar-refractivity contribution in [3.8, 4) is 0 Å². The molecular formula is C14H12Cl2N2O. The molecule has 0 aliphatic carbocycles. The lowest BCUT2D eigenvalue weighted by atomic mass is 10.1. The quantitative estimate of drug-likeness (QED) is 0.841. The number of amides is 1. The number of hydrogen-bond acceptors (Lipinski definition) is 2. The van der Waals surface area contributed by atoms with Gasteiger partial charge in [0.15, 0.2) is 5.15 Å². The number of carbonyl (C=O) groups is 1. The summed E-state index contributed by atoms with van der Waals surface area (Å²) in [6, 6.07) is 6.88. The first-order chi connectivity index (χ1) is 8.97. The maximum Gasteiger partial charge on any atom is 0.256 e. The zero-order valence-electron chi connectivity index (χ0n) is 10.5. The van der Waals surface area contributed by atoms with Gasteiger partial charge in [0.05, 0.1) is 5.69 Å². The number of nitrogens with one attached hydrogen (secondary N) is 1. The Kier molecular flexibility index (Phi) is 4.08. The molecular weight excluding hydrogens is 283 g/mol. The summed E-state index contributed by atoms with van der Waals surface area (Å²) in [6.07, 6.45) is 1.64. The molecule has 5 heteroatoms. The molecule has 2 aromatic rings. The maximum absolute atomic E-state index is 12.2. The lowest BCUT2D eigenvalue weighted by molar-refractivity contribution is 0.102. The molecule has 0 radical (unpaired) electrons. The van der Waals surface area contributed by atoms with Gasteiger partial charge in [0.2, 0.25) is 0 Å². The summed E-state index contributed by atoms with van der Waals surface area (Å²) in [5, 5.41) is 3.62. The van der Waals surface area contributed by atoms with Crippen LogP contribution in [-0.2, 0) is 0 Å². The number of halogens is 2. The van der Waals surface area contributed by atoms with Crippen molar-refractivity contribution in [3.05, 3.63) is 57.3 Å². The number of pyridine rings is 1. The summed E-state index contributed by atoms with van der Waals surface area (Å²) < 4.78 is 0. The van der Waals surface area contributed by atoms with Gasteiger partial charge in [-0.1, -0.05) is 23.2 Å². The fourth-order valence-corrected chi connectivity index (χ4v) is 2.09. The van der Waals surface area contributed by atoms with E-state index in [1.807, 2.05) is 13.8 Å². The summed E-state index contributed by atoms with van der Waals surface area (Å²) >= 11 is 11.8. The molecule has 0 spiro atoms. The largest absolute Gasteiger partial charge is 0.319 e. The summed E-state index contributed by atoms with van der Waals surface area (Å²) in [5.41, 5.74) is 2.79. The highest BCUT2D eigenvalue weighted by Crippen LogP contribution is 2.22. The standard InChI is InChI=1S/C14H12Cl2N2O/c1-8-5-12(13(16)17-7-8)18-14(19)11-4-3-10(15)6-9(11)2/h3-7H,1-2H3,(H,18,19). The zero-order chi connectivity index (χ0) is 14.0. The van der Waals surface area contributed by atoms with E-state index in [1.165, 1.54) is 0 Å². The van der Waals surface area contributed by atoms with Crippen LogP contribution in [0.15, 0.2) is 30.5 Å². The van der Waals surface area contributed by atoms with E-state index in [9.17, 15) is 4.79 Å². The molecule has 0 fully saturated rings. The van der Waals surface area contributed by atoms with Gasteiger partial charge in [0, 0.05) is 16.8 Å². The highest BCUT2D eigenvalue weighted by atomic mass is 35.5. The molecule has 0 aliphatic heterocycles. The molecule has 19 heavy (non-hydrogen) atoms. The van der Waals surface area contributed by atoms with Crippen molar-refractivity contribution < 1.29 is 4.79 Å². The van der Waals surface area contributed by atoms with Crippen LogP contribution in [0, 0.1) is 13.8 Å². The van der Waals surface area contributed by atoms with Crippen LogP contribution >= 0.6 is 23.2 Å². The number of rotatable bonds is 2. The third kappa shape index (κ3) is 3.25. The second-order valence-corrected chi connectivity index (χ2v) is 5.06. The fraction of sp³-hybridized carbons (Fsp3) is 0.143. The number of nitrogens with zero attached hydrogens (tertiary/aromatic N) is 1. The number of benzene rings is 1. The van der Waals surface area contributed by atoms with Gasteiger partial charge in [0.25, 0.3) is 5.91 Å². The van der Waals surface area contributed by atoms with Gasteiger partial charge in [-0.15, -0.1) is 0 Å². The molecule has 3 nitrogen and oxygen atoms in total. The van der Waals surface area contributed by atoms with Gasteiger partial charge < -0.3 is 5.32 Å². The van der Waals surface area contributed by atoms with Crippen LogP contribution in [0.2, 0.25) is 10.2 Å². The molecule has 0 unspecified atom stereocenters. The van der Waals surface area contributed by atoms with Gasteiger partial charge in [-0.2, -0.15) is 0 Å². The topological polar surface area (TPSA) is 42.0 Å². The van der Waals surface area contributed by atoms with E-state index in [1.54, 1.807) is 30.5 Å². The molecule has 1 N–H and O–H groups in total. The van der Waals surface area contributed by atoms with Gasteiger partial charge in [-0.25, -0.2) is 4.98 Å². The molecule has 0 bridgehead atoms. The van der Waals surface area contributed by atoms with Crippen molar-refractivity contribution in [3.63, 3.8) is 0 Å². The van der Waals surface area contributed by atoms with Crippen LogP contribution in [0.1, 0.15) is 21.5 Å². The monoisotopic (exact) mass is 294 g/mol. The first kappa shape index (κ1) is 13.8. The van der Waals surface area contributed by atoms with Crippen LogP contribution in [-0.4, -0.2) is 10.9 Å². The minimum absolute atomic E-state index is 0.233. The van der Waals surface area contributed by atoms with E-state index in [4.69, 9.17) is 23.2 Å². The van der Waals surface area contributed by atoms with Crippen molar-refractivity contribution in [2.75, 3.05) is 5.32 Å². The molecule has 1 heterocycles. The van der Waals surface area contributed by atoms with Crippen LogP contribution in [0.5, 0.6) is 0 Å². The smallest absolute Gasteiger partial charge is 0.256 e. The van der Waals surface area contributed by atoms with Crippen molar-refractivity contribution in [2.24, 2.45) is 0 Å². The Hall–Kier alpha value is -1.58. The predicted molar refractivity (Wildman–Crippen MR) is 78.1 cm³/mol. The second kappa shape index (κ2) is 5.59. The van der Waals surface area contributed by atoms with Gasteiger partial charge >= 0.3 is 0 Å². The zero-order valence-corrected chi connectivity index (χ0v) is 12.0. The van der Waals surface area contributed by atoms with Crippen LogP contribution in [0.3, 0.4) is 0 Å². The van der Waals surface area contributed by atoms with E-state index >= 15 is 0 Å². The average Bonchev–Trinajstić information content (AvgIpc) is 2.33. The van der Waals surface area contributed by atoms with Crippen molar-refractivity contribution in [1.29, 1.82) is 0 Å². The Morgan fingerprint density at radius 2 is 1.95 bits per heavy atom. The molecule has 1 aromatic heterocycles. The minimum Gasteiger partial charge on any atom is -0.319 e. The van der Waals surface area contributed by atoms with E-state index < -0.39 is 0 Å². The predicted octanol–water partition coefficient (Wildman–Crippen LogP) is 4.26. The Morgan fingerprint density at radius 3 is 2.63 bits per heavy atom. The fourth-order valence-electron chi connectivity index (χ4n) is 1.71. The lowest BCUT2D eigenvalue weighted by Crippen LogP contribution is -2.14. The van der Waals surface area contributed by atoms with E-state index in [0.29, 0.717) is 16.3 Å². The summed E-state index contributed by atoms with van der Waals surface area (Å²) in [5.74, 6) is -0.233. The Bertz CT molecular complexity index is 641. The summed E-state index contributed by atoms with van der Waals surface area (Å²) in [7, 11) is 0. The first-order valence-corrected chi connectivity index (χ1v) is 6.42. The molecule has 0 saturated carbocycles. The Balaban J connectivity index is 2.28. The Labute approximate surface area is 121 Å². The highest BCUT2D eigenvalue weighted by molar-refractivity contribution is 6.33. The van der Waals surface area contributed by atoms with Crippen molar-refractivity contribution in [1.82, 2.24) is 4.98 Å². The van der Waals surface area contributed by atoms with Crippen molar-refractivity contribution >= 4 is 34.8 Å². The highest BCUT2D eigenvalue weighted by Gasteiger charge is 2.12. The molecule has 2 rings (SSSR count). The van der Waals surface area contributed by atoms with Crippen LogP contribution in [0.25, 0.3) is 0 Å². The minimum atomic E-state index is -0.233. The average molecular weight is 295 g/mol. The first-order valence-electron chi connectivity index (χ1n) is 5.67. The van der Waals surface area contributed by atoms with Gasteiger partial charge in [0.1, 0.15) is 0 Å². The lowest BCUT2D eigenvalue weighted by Gasteiger charge is -2.09.